The van der Waals surface area contributed by atoms with Gasteiger partial charge in [-0.15, -0.1) is 0 Å². The molecule has 3 rings (SSSR count). The lowest BCUT2D eigenvalue weighted by Gasteiger charge is -2.16. The van der Waals surface area contributed by atoms with Gasteiger partial charge in [0, 0.05) is 18.7 Å². The van der Waals surface area contributed by atoms with Crippen LogP contribution in [0.2, 0.25) is 0 Å². The van der Waals surface area contributed by atoms with Crippen LogP contribution in [-0.4, -0.2) is 36.1 Å². The maximum absolute atomic E-state index is 12.9. The molecule has 1 fully saturated rings. The van der Waals surface area contributed by atoms with Gasteiger partial charge in [-0.3, -0.25) is 4.90 Å². The van der Waals surface area contributed by atoms with Crippen molar-refractivity contribution in [2.24, 2.45) is 0 Å². The Kier molecular flexibility index (Phi) is 4.08. The van der Waals surface area contributed by atoms with E-state index in [1.807, 2.05) is 0 Å². The van der Waals surface area contributed by atoms with Gasteiger partial charge in [0.2, 0.25) is 5.89 Å². The number of nitrogens with zero attached hydrogens (tertiary/aromatic N) is 2. The maximum atomic E-state index is 12.9. The highest BCUT2D eigenvalue weighted by molar-refractivity contribution is 5.55. The van der Waals surface area contributed by atoms with Gasteiger partial charge in [-0.2, -0.15) is 0 Å². The summed E-state index contributed by atoms with van der Waals surface area (Å²) in [6, 6.07) is 6.26. The molecule has 1 saturated heterocycles. The highest BCUT2D eigenvalue weighted by Gasteiger charge is 2.13. The van der Waals surface area contributed by atoms with Crippen molar-refractivity contribution in [1.82, 2.24) is 15.2 Å². The number of halogens is 1. The third-order valence-corrected chi connectivity index (χ3v) is 3.47. The van der Waals surface area contributed by atoms with Crippen molar-refractivity contribution in [2.75, 3.05) is 26.2 Å². The molecular weight excluding hydrogens is 257 g/mol. The van der Waals surface area contributed by atoms with E-state index in [2.05, 4.69) is 15.2 Å². The second kappa shape index (κ2) is 6.15. The highest BCUT2D eigenvalue weighted by Crippen LogP contribution is 2.21. The van der Waals surface area contributed by atoms with Gasteiger partial charge in [-0.05, 0) is 43.8 Å². The van der Waals surface area contributed by atoms with Gasteiger partial charge in [-0.1, -0.05) is 0 Å². The van der Waals surface area contributed by atoms with Crippen molar-refractivity contribution in [3.8, 4) is 11.3 Å². The molecule has 2 heterocycles. The molecule has 1 aromatic carbocycles. The summed E-state index contributed by atoms with van der Waals surface area (Å²) in [5.41, 5.74) is 0.850. The zero-order valence-electron chi connectivity index (χ0n) is 11.3. The standard InChI is InChI=1S/C15H18FN3O/c16-13-4-2-12(3-5-13)14-10-18-15(20-14)11-19-8-1-6-17-7-9-19/h2-5,10,17H,1,6-9,11H2. The molecule has 1 aliphatic heterocycles. The van der Waals surface area contributed by atoms with Gasteiger partial charge in [-0.25, -0.2) is 9.37 Å². The SMILES string of the molecule is Fc1ccc(-c2cnc(CN3CCCNCC3)o2)cc1. The fraction of sp³-hybridized carbons (Fsp3) is 0.400. The summed E-state index contributed by atoms with van der Waals surface area (Å²) < 4.78 is 18.7. The molecule has 0 bridgehead atoms. The van der Waals surface area contributed by atoms with E-state index < -0.39 is 0 Å². The number of aromatic nitrogens is 1. The fourth-order valence-corrected chi connectivity index (χ4v) is 2.38. The first-order chi connectivity index (χ1) is 9.81. The number of oxazole rings is 1. The van der Waals surface area contributed by atoms with E-state index in [-0.39, 0.29) is 5.82 Å². The molecule has 20 heavy (non-hydrogen) atoms. The minimum Gasteiger partial charge on any atom is -0.439 e. The monoisotopic (exact) mass is 275 g/mol. The van der Waals surface area contributed by atoms with E-state index in [0.29, 0.717) is 11.7 Å². The molecule has 0 unspecified atom stereocenters. The molecule has 0 spiro atoms. The van der Waals surface area contributed by atoms with Gasteiger partial charge in [0.15, 0.2) is 5.76 Å². The largest absolute Gasteiger partial charge is 0.439 e. The molecule has 5 heteroatoms. The molecule has 1 N–H and O–H groups in total. The second-order valence-electron chi connectivity index (χ2n) is 5.00. The molecule has 0 radical (unpaired) electrons. The van der Waals surface area contributed by atoms with Gasteiger partial charge in [0.05, 0.1) is 12.7 Å². The molecular formula is C15H18FN3O. The molecule has 1 aromatic heterocycles. The van der Waals surface area contributed by atoms with E-state index in [0.717, 1.165) is 44.7 Å². The van der Waals surface area contributed by atoms with E-state index in [1.54, 1.807) is 18.3 Å². The van der Waals surface area contributed by atoms with Crippen LogP contribution in [0.4, 0.5) is 4.39 Å². The lowest BCUT2D eigenvalue weighted by Crippen LogP contribution is -2.27. The second-order valence-corrected chi connectivity index (χ2v) is 5.00. The zero-order valence-corrected chi connectivity index (χ0v) is 11.3. The van der Waals surface area contributed by atoms with Crippen LogP contribution in [0.3, 0.4) is 0 Å². The summed E-state index contributed by atoms with van der Waals surface area (Å²) in [4.78, 5) is 6.65. The van der Waals surface area contributed by atoms with Crippen LogP contribution in [-0.2, 0) is 6.54 Å². The molecule has 2 aromatic rings. The van der Waals surface area contributed by atoms with Crippen LogP contribution in [0.1, 0.15) is 12.3 Å². The number of benzene rings is 1. The van der Waals surface area contributed by atoms with Crippen LogP contribution in [0.5, 0.6) is 0 Å². The molecule has 106 valence electrons. The van der Waals surface area contributed by atoms with E-state index in [4.69, 9.17) is 4.42 Å². The Hall–Kier alpha value is -1.72. The van der Waals surface area contributed by atoms with Crippen molar-refractivity contribution in [3.05, 3.63) is 42.2 Å². The number of hydrogen-bond donors (Lipinski definition) is 1. The lowest BCUT2D eigenvalue weighted by molar-refractivity contribution is 0.255. The van der Waals surface area contributed by atoms with Crippen LogP contribution in [0.25, 0.3) is 11.3 Å². The Bertz CT molecular complexity index is 545. The van der Waals surface area contributed by atoms with Crippen LogP contribution < -0.4 is 5.32 Å². The predicted octanol–water partition coefficient (Wildman–Crippen LogP) is 2.28. The smallest absolute Gasteiger partial charge is 0.209 e. The summed E-state index contributed by atoms with van der Waals surface area (Å²) in [6.45, 7) is 4.87. The van der Waals surface area contributed by atoms with Crippen molar-refractivity contribution in [1.29, 1.82) is 0 Å². The van der Waals surface area contributed by atoms with E-state index in [9.17, 15) is 4.39 Å². The average Bonchev–Trinajstić information content (AvgIpc) is 2.76. The average molecular weight is 275 g/mol. The minimum atomic E-state index is -0.245. The molecule has 0 amide bonds. The van der Waals surface area contributed by atoms with Crippen molar-refractivity contribution >= 4 is 0 Å². The Labute approximate surface area is 117 Å². The number of hydrogen-bond acceptors (Lipinski definition) is 4. The minimum absolute atomic E-state index is 0.245. The third-order valence-electron chi connectivity index (χ3n) is 3.47. The Morgan fingerprint density at radius 1 is 1.20 bits per heavy atom. The number of rotatable bonds is 3. The molecule has 0 saturated carbocycles. The zero-order chi connectivity index (χ0) is 13.8. The van der Waals surface area contributed by atoms with Crippen LogP contribution in [0, 0.1) is 5.82 Å². The highest BCUT2D eigenvalue weighted by atomic mass is 19.1. The lowest BCUT2D eigenvalue weighted by atomic mass is 10.2. The van der Waals surface area contributed by atoms with Crippen molar-refractivity contribution in [2.45, 2.75) is 13.0 Å². The molecule has 0 atom stereocenters. The summed E-state index contributed by atoms with van der Waals surface area (Å²) in [5, 5.41) is 3.37. The van der Waals surface area contributed by atoms with Crippen LogP contribution in [0.15, 0.2) is 34.9 Å². The first-order valence-electron chi connectivity index (χ1n) is 6.95. The topological polar surface area (TPSA) is 41.3 Å². The fourth-order valence-electron chi connectivity index (χ4n) is 2.38. The van der Waals surface area contributed by atoms with E-state index in [1.165, 1.54) is 12.1 Å². The maximum Gasteiger partial charge on any atom is 0.209 e. The van der Waals surface area contributed by atoms with Gasteiger partial charge < -0.3 is 9.73 Å². The van der Waals surface area contributed by atoms with Crippen molar-refractivity contribution in [3.63, 3.8) is 0 Å². The third kappa shape index (κ3) is 3.23. The van der Waals surface area contributed by atoms with E-state index >= 15 is 0 Å². The summed E-state index contributed by atoms with van der Waals surface area (Å²) in [6.07, 6.45) is 2.85. The van der Waals surface area contributed by atoms with Gasteiger partial charge in [0.25, 0.3) is 0 Å². The Morgan fingerprint density at radius 3 is 2.90 bits per heavy atom. The molecule has 0 aliphatic carbocycles. The molecule has 1 aliphatic rings. The van der Waals surface area contributed by atoms with Gasteiger partial charge >= 0.3 is 0 Å². The van der Waals surface area contributed by atoms with Crippen LogP contribution >= 0.6 is 0 Å². The predicted molar refractivity (Wildman–Crippen MR) is 74.7 cm³/mol. The normalized spacial score (nSPS) is 17.1. The summed E-state index contributed by atoms with van der Waals surface area (Å²) in [7, 11) is 0. The quantitative estimate of drug-likeness (QED) is 0.933. The summed E-state index contributed by atoms with van der Waals surface area (Å²) in [5.74, 6) is 1.16. The van der Waals surface area contributed by atoms with Gasteiger partial charge in [0.1, 0.15) is 5.82 Å². The Balaban J connectivity index is 1.68. The number of nitrogens with one attached hydrogen (secondary N) is 1. The summed E-state index contributed by atoms with van der Waals surface area (Å²) >= 11 is 0. The first-order valence-corrected chi connectivity index (χ1v) is 6.95. The van der Waals surface area contributed by atoms with Crippen molar-refractivity contribution < 1.29 is 8.81 Å². The molecule has 4 nitrogen and oxygen atoms in total. The Morgan fingerprint density at radius 2 is 2.05 bits per heavy atom. The first kappa shape index (κ1) is 13.3.